The van der Waals surface area contributed by atoms with Gasteiger partial charge in [0, 0.05) is 47.8 Å². The predicted octanol–water partition coefficient (Wildman–Crippen LogP) is 4.56. The molecule has 3 N–H and O–H groups in total. The molecule has 4 aromatic rings. The summed E-state index contributed by atoms with van der Waals surface area (Å²) in [6, 6.07) is 18.8. The number of halogens is 1. The third-order valence-corrected chi connectivity index (χ3v) is 10.5. The van der Waals surface area contributed by atoms with E-state index in [2.05, 4.69) is 15.2 Å². The first-order valence-electron chi connectivity index (χ1n) is 16.7. The third kappa shape index (κ3) is 10.5. The summed E-state index contributed by atoms with van der Waals surface area (Å²) in [5.74, 6) is -3.73. The van der Waals surface area contributed by atoms with Gasteiger partial charge in [0.2, 0.25) is 5.91 Å². The molecule has 1 fully saturated rings. The molecule has 1 aliphatic heterocycles. The molecule has 5 rings (SSSR count). The zero-order chi connectivity index (χ0) is 36.5. The SMILES string of the molecule is COc1ccc2[nH]c(C)c(C(CCS(=O)(=O)CC(=O)NCCCOc3cccc(CN4CCC(O)C4)c3)C(=O)OC(=O)c3ccc(Cl)cc3)c2c1. The fourth-order valence-electron chi connectivity index (χ4n) is 6.15. The van der Waals surface area contributed by atoms with Crippen LogP contribution in [0.15, 0.2) is 66.7 Å². The fourth-order valence-corrected chi connectivity index (χ4v) is 7.51. The number of carbonyl (C=O) groups excluding carboxylic acids is 3. The second-order valence-electron chi connectivity index (χ2n) is 12.6. The number of H-pyrrole nitrogens is 1. The average molecular weight is 740 g/mol. The maximum atomic E-state index is 13.6. The van der Waals surface area contributed by atoms with Crippen LogP contribution in [0.1, 0.15) is 52.4 Å². The molecule has 12 nitrogen and oxygen atoms in total. The van der Waals surface area contributed by atoms with Crippen LogP contribution in [0.25, 0.3) is 10.9 Å². The molecule has 3 aromatic carbocycles. The van der Waals surface area contributed by atoms with E-state index in [-0.39, 0.29) is 24.6 Å². The first-order chi connectivity index (χ1) is 24.4. The molecule has 0 saturated carbocycles. The zero-order valence-electron chi connectivity index (χ0n) is 28.5. The van der Waals surface area contributed by atoms with Crippen molar-refractivity contribution < 1.29 is 42.1 Å². The third-order valence-electron chi connectivity index (χ3n) is 8.68. The van der Waals surface area contributed by atoms with Gasteiger partial charge in [-0.25, -0.2) is 13.2 Å². The van der Waals surface area contributed by atoms with Gasteiger partial charge < -0.3 is 29.6 Å². The van der Waals surface area contributed by atoms with Gasteiger partial charge in [-0.05, 0) is 91.9 Å². The summed E-state index contributed by atoms with van der Waals surface area (Å²) in [5, 5.41) is 13.4. The summed E-state index contributed by atoms with van der Waals surface area (Å²) in [7, 11) is -2.47. The predicted molar refractivity (Wildman–Crippen MR) is 193 cm³/mol. The van der Waals surface area contributed by atoms with Crippen molar-refractivity contribution in [3.05, 3.63) is 94.1 Å². The van der Waals surface area contributed by atoms with Crippen molar-refractivity contribution in [2.45, 2.75) is 44.8 Å². The van der Waals surface area contributed by atoms with Crippen LogP contribution in [0.2, 0.25) is 5.02 Å². The monoisotopic (exact) mass is 739 g/mol. The van der Waals surface area contributed by atoms with Gasteiger partial charge in [-0.15, -0.1) is 0 Å². The van der Waals surface area contributed by atoms with Crippen molar-refractivity contribution in [3.8, 4) is 11.5 Å². The van der Waals surface area contributed by atoms with Gasteiger partial charge in [-0.1, -0.05) is 23.7 Å². The summed E-state index contributed by atoms with van der Waals surface area (Å²) in [6.45, 7) is 4.48. The molecule has 1 aromatic heterocycles. The second kappa shape index (κ2) is 17.2. The number of likely N-dealkylation sites (tertiary alicyclic amines) is 1. The highest BCUT2D eigenvalue weighted by Gasteiger charge is 2.32. The van der Waals surface area contributed by atoms with Crippen molar-refractivity contribution in [2.75, 3.05) is 44.9 Å². The second-order valence-corrected chi connectivity index (χ2v) is 15.2. The molecule has 0 aliphatic carbocycles. The number of aliphatic hydroxyl groups is 1. The van der Waals surface area contributed by atoms with Gasteiger partial charge in [0.1, 0.15) is 17.3 Å². The van der Waals surface area contributed by atoms with Crippen LogP contribution in [0.4, 0.5) is 0 Å². The van der Waals surface area contributed by atoms with Crippen molar-refractivity contribution >= 4 is 50.2 Å². The smallest absolute Gasteiger partial charge is 0.345 e. The van der Waals surface area contributed by atoms with Crippen LogP contribution < -0.4 is 14.8 Å². The highest BCUT2D eigenvalue weighted by molar-refractivity contribution is 7.92. The van der Waals surface area contributed by atoms with Gasteiger partial charge in [0.05, 0.1) is 37.1 Å². The van der Waals surface area contributed by atoms with E-state index in [1.165, 1.54) is 31.4 Å². The number of benzene rings is 3. The molecule has 14 heteroatoms. The molecule has 0 bridgehead atoms. The minimum atomic E-state index is -3.97. The number of rotatable bonds is 16. The first-order valence-corrected chi connectivity index (χ1v) is 18.9. The summed E-state index contributed by atoms with van der Waals surface area (Å²) in [5.41, 5.74) is 2.92. The van der Waals surface area contributed by atoms with Crippen LogP contribution >= 0.6 is 11.6 Å². The Kier molecular flexibility index (Phi) is 12.7. The van der Waals surface area contributed by atoms with Crippen molar-refractivity contribution in [2.24, 2.45) is 0 Å². The average Bonchev–Trinajstić information content (AvgIpc) is 3.65. The molecule has 2 unspecified atom stereocenters. The van der Waals surface area contributed by atoms with E-state index in [1.807, 2.05) is 24.3 Å². The number of hydrogen-bond donors (Lipinski definition) is 3. The quantitative estimate of drug-likeness (QED) is 0.0843. The van der Waals surface area contributed by atoms with Gasteiger partial charge >= 0.3 is 11.9 Å². The number of esters is 2. The van der Waals surface area contributed by atoms with Crippen LogP contribution in [0, 0.1) is 6.92 Å². The molecule has 51 heavy (non-hydrogen) atoms. The van der Waals surface area contributed by atoms with E-state index < -0.39 is 45.1 Å². The fraction of sp³-hybridized carbons (Fsp3) is 0.378. The Bertz CT molecular complexity index is 1960. The number of aryl methyl sites for hydroxylation is 1. The lowest BCUT2D eigenvalue weighted by Crippen LogP contribution is -2.33. The topological polar surface area (TPSA) is 164 Å². The number of aromatic nitrogens is 1. The van der Waals surface area contributed by atoms with E-state index in [4.69, 9.17) is 25.8 Å². The van der Waals surface area contributed by atoms with E-state index in [0.29, 0.717) is 58.3 Å². The number of nitrogens with zero attached hydrogens (tertiary/aromatic N) is 1. The number of aliphatic hydroxyl groups excluding tert-OH is 1. The van der Waals surface area contributed by atoms with Crippen LogP contribution in [-0.2, 0) is 30.7 Å². The Labute approximate surface area is 301 Å². The number of aromatic amines is 1. The summed E-state index contributed by atoms with van der Waals surface area (Å²) in [4.78, 5) is 44.5. The van der Waals surface area contributed by atoms with Crippen molar-refractivity contribution in [1.82, 2.24) is 15.2 Å². The number of fused-ring (bicyclic) bond motifs is 1. The van der Waals surface area contributed by atoms with Gasteiger partial charge in [0.15, 0.2) is 9.84 Å². The van der Waals surface area contributed by atoms with Gasteiger partial charge in [-0.2, -0.15) is 0 Å². The number of hydrogen-bond acceptors (Lipinski definition) is 10. The molecule has 0 spiro atoms. The van der Waals surface area contributed by atoms with Crippen molar-refractivity contribution in [1.29, 1.82) is 0 Å². The van der Waals surface area contributed by atoms with Gasteiger partial charge in [0.25, 0.3) is 0 Å². The molecule has 2 atom stereocenters. The van der Waals surface area contributed by atoms with Crippen LogP contribution in [0.3, 0.4) is 0 Å². The molecule has 1 aliphatic rings. The molecular weight excluding hydrogens is 698 g/mol. The van der Waals surface area contributed by atoms with Gasteiger partial charge in [-0.3, -0.25) is 14.5 Å². The highest BCUT2D eigenvalue weighted by Crippen LogP contribution is 2.35. The Morgan fingerprint density at radius 1 is 1.08 bits per heavy atom. The minimum Gasteiger partial charge on any atom is -0.497 e. The number of nitrogens with one attached hydrogen (secondary N) is 2. The lowest BCUT2D eigenvalue weighted by atomic mass is 9.93. The standard InChI is InChI=1S/C37H42ClN3O9S/c1-24-35(32-20-29(48-2)11-12-33(32)40-24)31(37(45)50-36(44)26-7-9-27(38)10-8-26)14-18-51(46,47)23-34(43)39-15-4-17-49-30-6-3-5-25(19-30)21-41-16-13-28(42)22-41/h3,5-12,19-20,28,31,40,42H,4,13-18,21-23H2,1-2H3,(H,39,43). The van der Waals surface area contributed by atoms with Crippen LogP contribution in [0.5, 0.6) is 11.5 Å². The lowest BCUT2D eigenvalue weighted by Gasteiger charge is -2.17. The summed E-state index contributed by atoms with van der Waals surface area (Å²) in [6.07, 6.45) is 0.701. The maximum Gasteiger partial charge on any atom is 0.345 e. The number of ether oxygens (including phenoxy) is 3. The zero-order valence-corrected chi connectivity index (χ0v) is 30.1. The summed E-state index contributed by atoms with van der Waals surface area (Å²) >= 11 is 5.92. The lowest BCUT2D eigenvalue weighted by molar-refractivity contribution is -0.139. The largest absolute Gasteiger partial charge is 0.497 e. The molecule has 1 saturated heterocycles. The molecule has 1 amide bonds. The van der Waals surface area contributed by atoms with Crippen LogP contribution in [-0.4, -0.2) is 92.2 Å². The first kappa shape index (κ1) is 37.8. The molecule has 272 valence electrons. The van der Waals surface area contributed by atoms with E-state index in [9.17, 15) is 27.9 Å². The summed E-state index contributed by atoms with van der Waals surface area (Å²) < 4.78 is 42.7. The Balaban J connectivity index is 1.16. The normalized spacial score (nSPS) is 15.4. The van der Waals surface area contributed by atoms with E-state index in [1.54, 1.807) is 25.1 Å². The number of amides is 1. The molecule has 0 radical (unpaired) electrons. The van der Waals surface area contributed by atoms with Crippen molar-refractivity contribution in [3.63, 3.8) is 0 Å². The highest BCUT2D eigenvalue weighted by atomic mass is 35.5. The Morgan fingerprint density at radius 3 is 2.59 bits per heavy atom. The maximum absolute atomic E-state index is 13.6. The van der Waals surface area contributed by atoms with E-state index >= 15 is 0 Å². The molecule has 2 heterocycles. The number of methoxy groups -OCH3 is 1. The number of β-amino-alcohol motifs (C(OH)–C–C–N with tert-alkyl or cyclic N) is 1. The number of sulfone groups is 1. The Morgan fingerprint density at radius 2 is 1.86 bits per heavy atom. The molecular formula is C37H42ClN3O9S. The minimum absolute atomic E-state index is 0.103. The Hall–Kier alpha value is -4.43. The van der Waals surface area contributed by atoms with E-state index in [0.717, 1.165) is 25.1 Å². The number of carbonyl (C=O) groups is 3.